The minimum Gasteiger partial charge on any atom is -0.481 e. The molecular weight excluding hydrogens is 424 g/mol. The molecule has 7 N–H and O–H groups in total. The van der Waals surface area contributed by atoms with Crippen LogP contribution in [0.2, 0.25) is 0 Å². The van der Waals surface area contributed by atoms with Crippen molar-refractivity contribution in [2.24, 2.45) is 5.73 Å². The lowest BCUT2D eigenvalue weighted by Gasteiger charge is -2.24. The highest BCUT2D eigenvalue weighted by molar-refractivity contribution is 7.98. The van der Waals surface area contributed by atoms with Gasteiger partial charge in [-0.3, -0.25) is 19.2 Å². The molecule has 0 aliphatic carbocycles. The van der Waals surface area contributed by atoms with Crippen LogP contribution in [0.15, 0.2) is 0 Å². The van der Waals surface area contributed by atoms with Gasteiger partial charge in [0.25, 0.3) is 0 Å². The Kier molecular flexibility index (Phi) is 13.1. The van der Waals surface area contributed by atoms with Crippen molar-refractivity contribution in [2.75, 3.05) is 17.8 Å². The van der Waals surface area contributed by atoms with Gasteiger partial charge in [0, 0.05) is 12.2 Å². The second-order valence-corrected chi connectivity index (χ2v) is 7.56. The average molecular weight is 453 g/mol. The molecule has 0 aliphatic heterocycles. The summed E-state index contributed by atoms with van der Waals surface area (Å²) in [6.45, 7) is 1.45. The Hall–Kier alpha value is -1.99. The van der Waals surface area contributed by atoms with Crippen molar-refractivity contribution in [1.82, 2.24) is 16.0 Å². The van der Waals surface area contributed by atoms with Crippen LogP contribution in [0, 0.1) is 0 Å². The van der Waals surface area contributed by atoms with Gasteiger partial charge >= 0.3 is 11.9 Å². The number of nitrogens with two attached hydrogens (primary N) is 1. The number of thiol groups is 1. The minimum atomic E-state index is -1.32. The predicted molar refractivity (Wildman–Crippen MR) is 111 cm³/mol. The fourth-order valence-electron chi connectivity index (χ4n) is 2.07. The number of hydrogen-bond acceptors (Lipinski definition) is 8. The van der Waals surface area contributed by atoms with E-state index in [4.69, 9.17) is 15.9 Å². The Labute approximate surface area is 178 Å². The summed E-state index contributed by atoms with van der Waals surface area (Å²) in [6.07, 6.45) is 1.38. The van der Waals surface area contributed by atoms with Crippen molar-refractivity contribution >= 4 is 54.1 Å². The van der Waals surface area contributed by atoms with E-state index in [0.29, 0.717) is 5.75 Å². The zero-order valence-electron chi connectivity index (χ0n) is 16.2. The summed E-state index contributed by atoms with van der Waals surface area (Å²) in [5.74, 6) is -4.28. The number of hydrogen-bond donors (Lipinski definition) is 7. The lowest BCUT2D eigenvalue weighted by Crippen LogP contribution is -2.57. The summed E-state index contributed by atoms with van der Waals surface area (Å²) in [5, 5.41) is 25.0. The van der Waals surface area contributed by atoms with Gasteiger partial charge in [-0.05, 0) is 31.8 Å². The molecule has 0 aliphatic rings. The van der Waals surface area contributed by atoms with Crippen LogP contribution in [-0.4, -0.2) is 81.8 Å². The van der Waals surface area contributed by atoms with Crippen LogP contribution >= 0.6 is 24.4 Å². The van der Waals surface area contributed by atoms with Crippen molar-refractivity contribution in [3.8, 4) is 0 Å². The first-order valence-corrected chi connectivity index (χ1v) is 10.8. The summed E-state index contributed by atoms with van der Waals surface area (Å²) in [4.78, 5) is 58.8. The number of carboxylic acid groups (broad SMARTS) is 2. The monoisotopic (exact) mass is 452 g/mol. The largest absolute Gasteiger partial charge is 0.481 e. The number of carboxylic acids is 2. The first kappa shape index (κ1) is 27.0. The average Bonchev–Trinajstić information content (AvgIpc) is 2.64. The van der Waals surface area contributed by atoms with Crippen LogP contribution in [0.25, 0.3) is 0 Å². The van der Waals surface area contributed by atoms with Gasteiger partial charge in [0.1, 0.15) is 18.1 Å². The fraction of sp³-hybridized carbons (Fsp3) is 0.688. The van der Waals surface area contributed by atoms with Gasteiger partial charge in [0.15, 0.2) is 0 Å². The van der Waals surface area contributed by atoms with Crippen molar-refractivity contribution in [1.29, 1.82) is 0 Å². The van der Waals surface area contributed by atoms with E-state index >= 15 is 0 Å². The molecule has 13 heteroatoms. The molecule has 0 bridgehead atoms. The number of nitrogens with one attached hydrogen (secondary N) is 3. The third-order valence-electron chi connectivity index (χ3n) is 3.73. The van der Waals surface area contributed by atoms with E-state index in [1.165, 1.54) is 18.7 Å². The molecule has 0 saturated heterocycles. The second kappa shape index (κ2) is 14.1. The number of thioether (sulfide) groups is 1. The lowest BCUT2D eigenvalue weighted by molar-refractivity contribution is -0.142. The van der Waals surface area contributed by atoms with Gasteiger partial charge < -0.3 is 31.9 Å². The van der Waals surface area contributed by atoms with Gasteiger partial charge in [0.05, 0.1) is 6.04 Å². The lowest BCUT2D eigenvalue weighted by atomic mass is 10.1. The van der Waals surface area contributed by atoms with Crippen LogP contribution in [0.1, 0.15) is 26.2 Å². The zero-order chi connectivity index (χ0) is 22.6. The first-order chi connectivity index (χ1) is 13.5. The van der Waals surface area contributed by atoms with Crippen molar-refractivity contribution in [3.63, 3.8) is 0 Å². The first-order valence-electron chi connectivity index (χ1n) is 8.74. The Bertz CT molecular complexity index is 604. The molecule has 166 valence electrons. The van der Waals surface area contributed by atoms with E-state index in [9.17, 15) is 24.0 Å². The van der Waals surface area contributed by atoms with Gasteiger partial charge in [-0.15, -0.1) is 0 Å². The Morgan fingerprint density at radius 3 is 1.83 bits per heavy atom. The Morgan fingerprint density at radius 2 is 1.41 bits per heavy atom. The highest BCUT2D eigenvalue weighted by atomic mass is 32.2. The molecule has 0 aromatic heterocycles. The molecule has 0 rings (SSSR count). The molecular formula is C16H28N4O7S2. The summed E-state index contributed by atoms with van der Waals surface area (Å²) in [6, 6.07) is -4.44. The summed E-state index contributed by atoms with van der Waals surface area (Å²) in [5.41, 5.74) is 5.50. The van der Waals surface area contributed by atoms with Crippen LogP contribution in [0.4, 0.5) is 0 Å². The van der Waals surface area contributed by atoms with Gasteiger partial charge in [-0.1, -0.05) is 0 Å². The highest BCUT2D eigenvalue weighted by Crippen LogP contribution is 2.05. The molecule has 29 heavy (non-hydrogen) atoms. The maximum atomic E-state index is 12.6. The summed E-state index contributed by atoms with van der Waals surface area (Å²) < 4.78 is 0. The van der Waals surface area contributed by atoms with Crippen LogP contribution < -0.4 is 21.7 Å². The highest BCUT2D eigenvalue weighted by Gasteiger charge is 2.29. The number of carbonyl (C=O) groups excluding carboxylic acids is 3. The van der Waals surface area contributed by atoms with Crippen LogP contribution in [-0.2, 0) is 24.0 Å². The van der Waals surface area contributed by atoms with E-state index in [-0.39, 0.29) is 18.6 Å². The number of aliphatic carboxylic acids is 2. The predicted octanol–water partition coefficient (Wildman–Crippen LogP) is -1.58. The molecule has 0 aromatic rings. The molecule has 3 amide bonds. The molecule has 4 unspecified atom stereocenters. The SMILES string of the molecule is CSCCC(NC(=O)C(C)N)C(=O)NC(CCC(=O)O)C(=O)NC(CS)C(=O)O. The molecule has 0 saturated carbocycles. The minimum absolute atomic E-state index is 0.193. The zero-order valence-corrected chi connectivity index (χ0v) is 17.9. The molecule has 0 spiro atoms. The smallest absolute Gasteiger partial charge is 0.327 e. The van der Waals surface area contributed by atoms with E-state index in [2.05, 4.69) is 28.6 Å². The van der Waals surface area contributed by atoms with Gasteiger partial charge in [-0.25, -0.2) is 4.79 Å². The third kappa shape index (κ3) is 10.9. The van der Waals surface area contributed by atoms with Crippen LogP contribution in [0.5, 0.6) is 0 Å². The molecule has 0 aromatic carbocycles. The standard InChI is InChI=1S/C16H28N4O7S2/c1-8(17)13(23)18-10(5-6-29-2)15(25)19-9(3-4-12(21)22)14(24)20-11(7-28)16(26)27/h8-11,28H,3-7,17H2,1-2H3,(H,18,23)(H,19,25)(H,20,24)(H,21,22)(H,26,27). The fourth-order valence-corrected chi connectivity index (χ4v) is 2.79. The molecule has 11 nitrogen and oxygen atoms in total. The summed E-state index contributed by atoms with van der Waals surface area (Å²) in [7, 11) is 0. The van der Waals surface area contributed by atoms with Crippen molar-refractivity contribution in [2.45, 2.75) is 50.4 Å². The normalized spacial score (nSPS) is 14.8. The number of rotatable bonds is 14. The number of amides is 3. The topological polar surface area (TPSA) is 188 Å². The van der Waals surface area contributed by atoms with E-state index in [0.717, 1.165) is 0 Å². The van der Waals surface area contributed by atoms with E-state index in [1.54, 1.807) is 0 Å². The van der Waals surface area contributed by atoms with Gasteiger partial charge in [0.2, 0.25) is 17.7 Å². The van der Waals surface area contributed by atoms with Crippen LogP contribution in [0.3, 0.4) is 0 Å². The van der Waals surface area contributed by atoms with Crippen molar-refractivity contribution < 1.29 is 34.2 Å². The van der Waals surface area contributed by atoms with E-state index in [1.807, 2.05) is 6.26 Å². The maximum absolute atomic E-state index is 12.6. The molecule has 0 heterocycles. The van der Waals surface area contributed by atoms with Crippen molar-refractivity contribution in [3.05, 3.63) is 0 Å². The van der Waals surface area contributed by atoms with Gasteiger partial charge in [-0.2, -0.15) is 24.4 Å². The summed E-state index contributed by atoms with van der Waals surface area (Å²) >= 11 is 5.29. The maximum Gasteiger partial charge on any atom is 0.327 e. The molecule has 0 fully saturated rings. The second-order valence-electron chi connectivity index (χ2n) is 6.21. The number of carbonyl (C=O) groups is 5. The Morgan fingerprint density at radius 1 is 0.931 bits per heavy atom. The van der Waals surface area contributed by atoms with E-state index < -0.39 is 60.2 Å². The third-order valence-corrected chi connectivity index (χ3v) is 4.74. The molecule has 4 atom stereocenters. The Balaban J connectivity index is 5.34. The quantitative estimate of drug-likeness (QED) is 0.153. The molecule has 0 radical (unpaired) electrons.